The van der Waals surface area contributed by atoms with Crippen LogP contribution in [0.4, 0.5) is 0 Å². The number of ether oxygens (including phenoxy) is 1. The number of aromatic nitrogens is 2. The Hall–Kier alpha value is -3.45. The number of Topliss-reactive ketones (excluding diaryl/α,β-unsaturated/α-hetero) is 1. The van der Waals surface area contributed by atoms with Crippen molar-refractivity contribution in [3.05, 3.63) is 69.7 Å². The number of halogens is 1. The van der Waals surface area contributed by atoms with Gasteiger partial charge in [-0.2, -0.15) is 9.78 Å². The van der Waals surface area contributed by atoms with Crippen molar-refractivity contribution in [2.24, 2.45) is 0 Å². The predicted octanol–water partition coefficient (Wildman–Crippen LogP) is 3.80. The third kappa shape index (κ3) is 3.71. The van der Waals surface area contributed by atoms with Crippen LogP contribution < -0.4 is 5.56 Å². The topological polar surface area (TPSA) is 91.4 Å². The Balaban J connectivity index is 1.83. The Morgan fingerprint density at radius 1 is 1.10 bits per heavy atom. The summed E-state index contributed by atoms with van der Waals surface area (Å²) in [5, 5.41) is 5.72. The third-order valence-electron chi connectivity index (χ3n) is 4.76. The number of hydrogen-bond acceptors (Lipinski definition) is 6. The molecule has 0 N–H and O–H groups in total. The fourth-order valence-corrected chi connectivity index (χ4v) is 3.40. The third-order valence-corrected chi connectivity index (χ3v) is 5.01. The van der Waals surface area contributed by atoms with E-state index in [0.717, 1.165) is 0 Å². The molecule has 0 aliphatic carbocycles. The lowest BCUT2D eigenvalue weighted by atomic mass is 10.0. The van der Waals surface area contributed by atoms with Gasteiger partial charge in [0.15, 0.2) is 0 Å². The zero-order valence-electron chi connectivity index (χ0n) is 16.1. The molecule has 0 aromatic heterocycles. The van der Waals surface area contributed by atoms with E-state index in [1.165, 1.54) is 11.8 Å². The number of methoxy groups -OCH3 is 1. The molecule has 2 heterocycles. The first-order valence-electron chi connectivity index (χ1n) is 9.26. The number of para-hydroxylation sites is 1. The number of benzene rings is 2. The molecule has 0 atom stereocenters. The number of carbonyl (C=O) groups is 2. The van der Waals surface area contributed by atoms with Gasteiger partial charge in [0.1, 0.15) is 28.4 Å². The van der Waals surface area contributed by atoms with Crippen LogP contribution in [0.5, 0.6) is 0 Å². The molecule has 0 amide bonds. The van der Waals surface area contributed by atoms with Gasteiger partial charge in [-0.05, 0) is 36.4 Å². The summed E-state index contributed by atoms with van der Waals surface area (Å²) in [4.78, 5) is 36.9. The first-order valence-corrected chi connectivity index (χ1v) is 9.63. The minimum absolute atomic E-state index is 0.00394. The number of esters is 1. The average Bonchev–Trinajstić information content (AvgIpc) is 3.10. The van der Waals surface area contributed by atoms with E-state index in [9.17, 15) is 14.4 Å². The molecule has 0 unspecified atom stereocenters. The van der Waals surface area contributed by atoms with Gasteiger partial charge >= 0.3 is 5.97 Å². The van der Waals surface area contributed by atoms with E-state index in [-0.39, 0.29) is 36.4 Å². The molecule has 4 rings (SSSR count). The molecule has 152 valence electrons. The van der Waals surface area contributed by atoms with Crippen molar-refractivity contribution in [3.8, 4) is 16.9 Å². The minimum Gasteiger partial charge on any atom is -0.469 e. The van der Waals surface area contributed by atoms with Crippen molar-refractivity contribution in [3.63, 3.8) is 0 Å². The Labute approximate surface area is 176 Å². The van der Waals surface area contributed by atoms with E-state index >= 15 is 0 Å². The van der Waals surface area contributed by atoms with Gasteiger partial charge in [-0.3, -0.25) is 14.4 Å². The molecule has 0 saturated heterocycles. The molecule has 0 radical (unpaired) electrons. The normalized spacial score (nSPS) is 11.1. The van der Waals surface area contributed by atoms with Crippen LogP contribution in [-0.2, 0) is 20.7 Å². The molecule has 0 bridgehead atoms. The molecular weight excluding hydrogens is 408 g/mol. The van der Waals surface area contributed by atoms with Gasteiger partial charge in [0.2, 0.25) is 0 Å². The first kappa shape index (κ1) is 19.8. The molecule has 0 spiro atoms. The standard InChI is InChI=1S/C22H17ClN2O5/c1-29-19(27)11-10-15(26)12-18-20-21(16-4-2-3-5-17(16)30-18)24-25(22(20)28)14-8-6-13(23)7-9-14/h2-9H,10-12H2,1H3. The van der Waals surface area contributed by atoms with Crippen LogP contribution in [-0.4, -0.2) is 28.6 Å². The van der Waals surface area contributed by atoms with Gasteiger partial charge in [-0.15, -0.1) is 0 Å². The Bertz CT molecular complexity index is 1270. The smallest absolute Gasteiger partial charge is 0.305 e. The van der Waals surface area contributed by atoms with Crippen LogP contribution in [0.1, 0.15) is 18.6 Å². The lowest BCUT2D eigenvalue weighted by molar-refractivity contribution is -0.141. The van der Waals surface area contributed by atoms with Crippen LogP contribution in [0.15, 0.2) is 57.7 Å². The second-order valence-corrected chi connectivity index (χ2v) is 7.17. The van der Waals surface area contributed by atoms with Crippen LogP contribution in [0.3, 0.4) is 0 Å². The summed E-state index contributed by atoms with van der Waals surface area (Å²) in [6.07, 6.45) is -0.157. The maximum Gasteiger partial charge on any atom is 0.305 e. The molecule has 30 heavy (non-hydrogen) atoms. The van der Waals surface area contributed by atoms with Crippen molar-refractivity contribution < 1.29 is 18.7 Å². The molecule has 2 aliphatic heterocycles. The molecule has 0 fully saturated rings. The molecule has 0 saturated carbocycles. The van der Waals surface area contributed by atoms with E-state index in [0.29, 0.717) is 27.4 Å². The van der Waals surface area contributed by atoms with E-state index in [1.807, 2.05) is 12.1 Å². The van der Waals surface area contributed by atoms with Gasteiger partial charge in [0, 0.05) is 16.8 Å². The molecule has 2 aliphatic rings. The highest BCUT2D eigenvalue weighted by molar-refractivity contribution is 6.30. The van der Waals surface area contributed by atoms with E-state index in [1.54, 1.807) is 36.4 Å². The predicted molar refractivity (Wildman–Crippen MR) is 111 cm³/mol. The monoisotopic (exact) mass is 424 g/mol. The van der Waals surface area contributed by atoms with Crippen molar-refractivity contribution in [2.45, 2.75) is 19.3 Å². The van der Waals surface area contributed by atoms with Crippen LogP contribution in [0.2, 0.25) is 5.02 Å². The lowest BCUT2D eigenvalue weighted by Crippen LogP contribution is -2.16. The van der Waals surface area contributed by atoms with E-state index in [4.69, 9.17) is 16.0 Å². The highest BCUT2D eigenvalue weighted by Crippen LogP contribution is 2.32. The Kier molecular flexibility index (Phi) is 5.37. The van der Waals surface area contributed by atoms with Gasteiger partial charge < -0.3 is 9.15 Å². The summed E-state index contributed by atoms with van der Waals surface area (Å²) in [6, 6.07) is 13.9. The quantitative estimate of drug-likeness (QED) is 0.437. The van der Waals surface area contributed by atoms with E-state index < -0.39 is 11.5 Å². The number of rotatable bonds is 6. The van der Waals surface area contributed by atoms with Crippen molar-refractivity contribution in [1.82, 2.24) is 9.78 Å². The van der Waals surface area contributed by atoms with Gasteiger partial charge in [0.05, 0.1) is 25.6 Å². The molecule has 2 aromatic carbocycles. The van der Waals surface area contributed by atoms with Crippen molar-refractivity contribution in [2.75, 3.05) is 7.11 Å². The highest BCUT2D eigenvalue weighted by Gasteiger charge is 2.26. The summed E-state index contributed by atoms with van der Waals surface area (Å²) >= 11 is 5.95. The average molecular weight is 425 g/mol. The number of ketones is 1. The summed E-state index contributed by atoms with van der Waals surface area (Å²) in [5.41, 5.74) is 1.37. The number of fused-ring (bicyclic) bond motifs is 3. The van der Waals surface area contributed by atoms with Crippen LogP contribution in [0.25, 0.3) is 27.9 Å². The molecule has 7 nitrogen and oxygen atoms in total. The summed E-state index contributed by atoms with van der Waals surface area (Å²) in [5.74, 6) is -0.479. The van der Waals surface area contributed by atoms with Crippen molar-refractivity contribution >= 4 is 34.3 Å². The summed E-state index contributed by atoms with van der Waals surface area (Å²) < 4.78 is 11.8. The lowest BCUT2D eigenvalue weighted by Gasteiger charge is -2.08. The second kappa shape index (κ2) is 8.12. The fraction of sp³-hybridized carbons (Fsp3) is 0.182. The SMILES string of the molecule is COC(=O)CCC(=O)Cc1oc2ccccc2c2nn(-c3ccc(Cl)cc3)c(=O)c1-2. The number of carbonyl (C=O) groups excluding carboxylic acids is 2. The Morgan fingerprint density at radius 2 is 1.83 bits per heavy atom. The zero-order valence-corrected chi connectivity index (χ0v) is 16.8. The molecular formula is C22H17ClN2O5. The van der Waals surface area contributed by atoms with E-state index in [2.05, 4.69) is 9.84 Å². The largest absolute Gasteiger partial charge is 0.469 e. The molecule has 8 heteroatoms. The first-order chi connectivity index (χ1) is 14.5. The van der Waals surface area contributed by atoms with Gasteiger partial charge in [-0.25, -0.2) is 0 Å². The maximum atomic E-state index is 13.2. The number of nitrogens with zero attached hydrogens (tertiary/aromatic N) is 2. The minimum atomic E-state index is -0.469. The fourth-order valence-electron chi connectivity index (χ4n) is 3.27. The zero-order chi connectivity index (χ0) is 21.3. The Morgan fingerprint density at radius 3 is 2.57 bits per heavy atom. The van der Waals surface area contributed by atoms with Crippen LogP contribution in [0, 0.1) is 0 Å². The second-order valence-electron chi connectivity index (χ2n) is 6.73. The highest BCUT2D eigenvalue weighted by atomic mass is 35.5. The molecule has 2 aromatic rings. The van der Waals surface area contributed by atoms with Gasteiger partial charge in [0.25, 0.3) is 5.56 Å². The number of hydrogen-bond donors (Lipinski definition) is 0. The summed E-state index contributed by atoms with van der Waals surface area (Å²) in [7, 11) is 1.27. The van der Waals surface area contributed by atoms with Crippen LogP contribution >= 0.6 is 11.6 Å². The maximum absolute atomic E-state index is 13.2. The van der Waals surface area contributed by atoms with Gasteiger partial charge in [-0.1, -0.05) is 23.7 Å². The van der Waals surface area contributed by atoms with Crippen molar-refractivity contribution in [1.29, 1.82) is 0 Å². The summed E-state index contributed by atoms with van der Waals surface area (Å²) in [6.45, 7) is 0.